The fourth-order valence-electron chi connectivity index (χ4n) is 2.36. The second-order valence-corrected chi connectivity index (χ2v) is 7.15. The minimum absolute atomic E-state index is 0.0286. The van der Waals surface area contributed by atoms with Crippen LogP contribution in [0.25, 0.3) is 10.9 Å². The molecule has 0 spiro atoms. The van der Waals surface area contributed by atoms with Gasteiger partial charge in [-0.25, -0.2) is 4.98 Å². The maximum Gasteiger partial charge on any atom is 0.261 e. The normalized spacial score (nSPS) is 12.3. The number of halogens is 1. The molecule has 1 aromatic heterocycles. The lowest BCUT2D eigenvalue weighted by Crippen LogP contribution is -2.22. The number of fused-ring (bicyclic) bond motifs is 1. The first kappa shape index (κ1) is 16.7. The Morgan fingerprint density at radius 1 is 1.17 bits per heavy atom. The molecule has 6 heteroatoms. The second kappa shape index (κ2) is 6.79. The molecule has 0 aliphatic heterocycles. The molecule has 0 bridgehead atoms. The highest BCUT2D eigenvalue weighted by Gasteiger charge is 2.19. The summed E-state index contributed by atoms with van der Waals surface area (Å²) in [6, 6.07) is 14.0. The Kier molecular flexibility index (Phi) is 4.73. The molecule has 24 heavy (non-hydrogen) atoms. The van der Waals surface area contributed by atoms with Gasteiger partial charge in [0.25, 0.3) is 5.56 Å². The lowest BCUT2D eigenvalue weighted by atomic mass is 10.1. The highest BCUT2D eigenvalue weighted by molar-refractivity contribution is 8.00. The van der Waals surface area contributed by atoms with Crippen molar-refractivity contribution in [2.24, 2.45) is 7.05 Å². The van der Waals surface area contributed by atoms with E-state index in [0.29, 0.717) is 26.6 Å². The van der Waals surface area contributed by atoms with Crippen molar-refractivity contribution in [1.29, 1.82) is 0 Å². The minimum Gasteiger partial charge on any atom is -0.293 e. The molecule has 3 rings (SSSR count). The third kappa shape index (κ3) is 3.23. The van der Waals surface area contributed by atoms with Crippen LogP contribution in [0, 0.1) is 0 Å². The maximum absolute atomic E-state index is 12.5. The molecule has 122 valence electrons. The Hall–Kier alpha value is -2.11. The van der Waals surface area contributed by atoms with E-state index in [2.05, 4.69) is 4.98 Å². The second-order valence-electron chi connectivity index (χ2n) is 5.41. The molecule has 0 N–H and O–H groups in total. The van der Waals surface area contributed by atoms with Gasteiger partial charge in [0.05, 0.1) is 16.2 Å². The predicted octanol–water partition coefficient (Wildman–Crippen LogP) is 3.95. The molecule has 0 aliphatic rings. The smallest absolute Gasteiger partial charge is 0.261 e. The van der Waals surface area contributed by atoms with Crippen molar-refractivity contribution in [1.82, 2.24) is 9.55 Å². The summed E-state index contributed by atoms with van der Waals surface area (Å²) in [5.41, 5.74) is 1.11. The lowest BCUT2D eigenvalue weighted by molar-refractivity contribution is 0.0994. The summed E-state index contributed by atoms with van der Waals surface area (Å²) in [6.45, 7) is 1.81. The number of aromatic nitrogens is 2. The number of thioether (sulfide) groups is 1. The van der Waals surface area contributed by atoms with Crippen LogP contribution < -0.4 is 5.56 Å². The summed E-state index contributed by atoms with van der Waals surface area (Å²) in [5, 5.41) is 1.31. The molecular formula is C18H15ClN2O2S. The van der Waals surface area contributed by atoms with E-state index in [4.69, 9.17) is 11.6 Å². The number of ketones is 1. The fourth-order valence-corrected chi connectivity index (χ4v) is 3.44. The van der Waals surface area contributed by atoms with Crippen LogP contribution in [0.5, 0.6) is 0 Å². The average Bonchev–Trinajstić information content (AvgIpc) is 2.59. The first-order chi connectivity index (χ1) is 11.5. The summed E-state index contributed by atoms with van der Waals surface area (Å²) >= 11 is 7.13. The Balaban J connectivity index is 1.91. The van der Waals surface area contributed by atoms with Crippen molar-refractivity contribution < 1.29 is 4.79 Å². The van der Waals surface area contributed by atoms with E-state index in [1.54, 1.807) is 43.4 Å². The zero-order valence-electron chi connectivity index (χ0n) is 13.2. The Bertz CT molecular complexity index is 967. The van der Waals surface area contributed by atoms with Crippen LogP contribution in [-0.4, -0.2) is 20.6 Å². The number of nitrogens with zero attached hydrogens (tertiary/aromatic N) is 2. The molecule has 0 amide bonds. The van der Waals surface area contributed by atoms with Gasteiger partial charge in [-0.15, -0.1) is 0 Å². The number of hydrogen-bond acceptors (Lipinski definition) is 4. The van der Waals surface area contributed by atoms with Crippen molar-refractivity contribution in [3.63, 3.8) is 0 Å². The Labute approximate surface area is 148 Å². The van der Waals surface area contributed by atoms with Gasteiger partial charge in [0.1, 0.15) is 0 Å². The Morgan fingerprint density at radius 2 is 1.83 bits per heavy atom. The summed E-state index contributed by atoms with van der Waals surface area (Å²) in [6.07, 6.45) is 0. The van der Waals surface area contributed by atoms with Crippen LogP contribution >= 0.6 is 23.4 Å². The largest absolute Gasteiger partial charge is 0.293 e. The van der Waals surface area contributed by atoms with E-state index in [1.807, 2.05) is 19.1 Å². The quantitative estimate of drug-likeness (QED) is 0.402. The molecule has 2 aromatic carbocycles. The summed E-state index contributed by atoms with van der Waals surface area (Å²) < 4.78 is 1.48. The number of para-hydroxylation sites is 1. The number of hydrogen-bond donors (Lipinski definition) is 0. The van der Waals surface area contributed by atoms with Crippen LogP contribution in [0.2, 0.25) is 5.02 Å². The minimum atomic E-state index is -0.370. The summed E-state index contributed by atoms with van der Waals surface area (Å²) in [4.78, 5) is 29.5. The third-order valence-electron chi connectivity index (χ3n) is 3.72. The highest BCUT2D eigenvalue weighted by Crippen LogP contribution is 2.24. The van der Waals surface area contributed by atoms with Crippen LogP contribution in [-0.2, 0) is 7.05 Å². The van der Waals surface area contributed by atoms with Crippen LogP contribution in [0.3, 0.4) is 0 Å². The first-order valence-corrected chi connectivity index (χ1v) is 8.65. The summed E-state index contributed by atoms with van der Waals surface area (Å²) in [5.74, 6) is -0.0286. The SMILES string of the molecule is C[C@@H](Sc1nc2ccccc2c(=O)n1C)C(=O)c1ccc(Cl)cc1. The topological polar surface area (TPSA) is 52.0 Å². The standard InChI is InChI=1S/C18H15ClN2O2S/c1-11(16(22)12-7-9-13(19)10-8-12)24-18-20-15-6-4-3-5-14(15)17(23)21(18)2/h3-11H,1-2H3/t11-/m1/s1. The zero-order chi connectivity index (χ0) is 17.3. The fraction of sp³-hybridized carbons (Fsp3) is 0.167. The van der Waals surface area contributed by atoms with Gasteiger partial charge in [-0.1, -0.05) is 35.5 Å². The number of rotatable bonds is 4. The molecule has 0 saturated heterocycles. The van der Waals surface area contributed by atoms with Crippen molar-refractivity contribution in [2.45, 2.75) is 17.3 Å². The van der Waals surface area contributed by atoms with Gasteiger partial charge in [-0.3, -0.25) is 14.2 Å². The van der Waals surface area contributed by atoms with Crippen molar-refractivity contribution in [2.75, 3.05) is 0 Å². The molecule has 1 atom stereocenters. The van der Waals surface area contributed by atoms with Crippen LogP contribution in [0.4, 0.5) is 0 Å². The highest BCUT2D eigenvalue weighted by atomic mass is 35.5. The number of benzene rings is 2. The molecule has 0 saturated carbocycles. The van der Waals surface area contributed by atoms with Crippen LogP contribution in [0.15, 0.2) is 58.5 Å². The van der Waals surface area contributed by atoms with Gasteiger partial charge in [0, 0.05) is 17.6 Å². The van der Waals surface area contributed by atoms with Gasteiger partial charge in [0.2, 0.25) is 0 Å². The van der Waals surface area contributed by atoms with Crippen molar-refractivity contribution >= 4 is 40.0 Å². The zero-order valence-corrected chi connectivity index (χ0v) is 14.8. The molecule has 3 aromatic rings. The molecular weight excluding hydrogens is 344 g/mol. The molecule has 0 unspecified atom stereocenters. The number of Topliss-reactive ketones (excluding diaryl/α,β-unsaturated/α-hetero) is 1. The monoisotopic (exact) mass is 358 g/mol. The average molecular weight is 359 g/mol. The van der Waals surface area contributed by atoms with Crippen LogP contribution in [0.1, 0.15) is 17.3 Å². The summed E-state index contributed by atoms with van der Waals surface area (Å²) in [7, 11) is 1.67. The lowest BCUT2D eigenvalue weighted by Gasteiger charge is -2.13. The van der Waals surface area contributed by atoms with E-state index < -0.39 is 0 Å². The maximum atomic E-state index is 12.5. The molecule has 0 aliphatic carbocycles. The van der Waals surface area contributed by atoms with E-state index in [-0.39, 0.29) is 16.6 Å². The van der Waals surface area contributed by atoms with Crippen molar-refractivity contribution in [3.8, 4) is 0 Å². The van der Waals surface area contributed by atoms with E-state index in [1.165, 1.54) is 16.3 Å². The Morgan fingerprint density at radius 3 is 2.54 bits per heavy atom. The van der Waals surface area contributed by atoms with Gasteiger partial charge in [0.15, 0.2) is 10.9 Å². The van der Waals surface area contributed by atoms with Gasteiger partial charge >= 0.3 is 0 Å². The number of carbonyl (C=O) groups excluding carboxylic acids is 1. The van der Waals surface area contributed by atoms with Gasteiger partial charge < -0.3 is 0 Å². The molecule has 0 radical (unpaired) electrons. The molecule has 4 nitrogen and oxygen atoms in total. The van der Waals surface area contributed by atoms with E-state index >= 15 is 0 Å². The van der Waals surface area contributed by atoms with E-state index in [9.17, 15) is 9.59 Å². The number of carbonyl (C=O) groups is 1. The van der Waals surface area contributed by atoms with E-state index in [0.717, 1.165) is 0 Å². The predicted molar refractivity (Wildman–Crippen MR) is 98.1 cm³/mol. The van der Waals surface area contributed by atoms with Gasteiger partial charge in [-0.05, 0) is 43.3 Å². The van der Waals surface area contributed by atoms with Crippen molar-refractivity contribution in [3.05, 3.63) is 69.5 Å². The molecule has 1 heterocycles. The van der Waals surface area contributed by atoms with Gasteiger partial charge in [-0.2, -0.15) is 0 Å². The first-order valence-electron chi connectivity index (χ1n) is 7.39. The molecule has 0 fully saturated rings. The third-order valence-corrected chi connectivity index (χ3v) is 5.12.